The summed E-state index contributed by atoms with van der Waals surface area (Å²) in [4.78, 5) is 0. The minimum Gasteiger partial charge on any atom is -0.388 e. The summed E-state index contributed by atoms with van der Waals surface area (Å²) >= 11 is 3.38. The van der Waals surface area contributed by atoms with Gasteiger partial charge < -0.3 is 5.11 Å². The third kappa shape index (κ3) is 2.87. The highest BCUT2D eigenvalue weighted by Gasteiger charge is 2.09. The largest absolute Gasteiger partial charge is 0.388 e. The predicted molar refractivity (Wildman–Crippen MR) is 61.9 cm³/mol. The second-order valence-corrected chi connectivity index (χ2v) is 4.18. The Morgan fingerprint density at radius 2 is 2.29 bits per heavy atom. The van der Waals surface area contributed by atoms with E-state index in [-0.39, 0.29) is 0 Å². The zero-order chi connectivity index (χ0) is 10.6. The van der Waals surface area contributed by atoms with Crippen LogP contribution in [0.3, 0.4) is 0 Å². The molecule has 2 heteroatoms. The van der Waals surface area contributed by atoms with Crippen LogP contribution in [0.25, 0.3) is 0 Å². The molecule has 14 heavy (non-hydrogen) atoms. The number of benzene rings is 1. The van der Waals surface area contributed by atoms with E-state index in [0.717, 1.165) is 15.6 Å². The molecule has 1 aromatic carbocycles. The molecule has 0 saturated carbocycles. The summed E-state index contributed by atoms with van der Waals surface area (Å²) in [7, 11) is 0. The van der Waals surface area contributed by atoms with Crippen molar-refractivity contribution in [2.45, 2.75) is 25.9 Å². The fraction of sp³-hybridized carbons (Fsp3) is 0.333. The number of halogens is 1. The average Bonchev–Trinajstić information content (AvgIpc) is 2.14. The van der Waals surface area contributed by atoms with E-state index in [1.165, 1.54) is 0 Å². The number of terminal acetylenes is 1. The van der Waals surface area contributed by atoms with E-state index in [4.69, 9.17) is 6.42 Å². The lowest BCUT2D eigenvalue weighted by atomic mass is 10.0. The number of rotatable bonds is 3. The molecule has 1 N–H and O–H groups in total. The van der Waals surface area contributed by atoms with Crippen LogP contribution >= 0.6 is 15.9 Å². The smallest absolute Gasteiger partial charge is 0.0801 e. The summed E-state index contributed by atoms with van der Waals surface area (Å²) in [6.07, 6.45) is 5.94. The number of hydrogen-bond donors (Lipinski definition) is 1. The Balaban J connectivity index is 2.80. The van der Waals surface area contributed by atoms with Crippen molar-refractivity contribution in [2.75, 3.05) is 0 Å². The molecule has 0 spiro atoms. The van der Waals surface area contributed by atoms with Gasteiger partial charge in [0.1, 0.15) is 0 Å². The van der Waals surface area contributed by atoms with Gasteiger partial charge in [-0.2, -0.15) is 0 Å². The van der Waals surface area contributed by atoms with Crippen LogP contribution in [0.4, 0.5) is 0 Å². The van der Waals surface area contributed by atoms with E-state index in [1.54, 1.807) is 0 Å². The molecule has 0 heterocycles. The number of aryl methyl sites for hydroxylation is 1. The van der Waals surface area contributed by atoms with Gasteiger partial charge >= 0.3 is 0 Å². The molecule has 1 unspecified atom stereocenters. The molecule has 0 amide bonds. The van der Waals surface area contributed by atoms with Crippen molar-refractivity contribution in [1.82, 2.24) is 0 Å². The number of aliphatic hydroxyl groups excluding tert-OH is 1. The van der Waals surface area contributed by atoms with Crippen molar-refractivity contribution in [3.63, 3.8) is 0 Å². The summed E-state index contributed by atoms with van der Waals surface area (Å²) in [5.41, 5.74) is 2.05. The van der Waals surface area contributed by atoms with Gasteiger partial charge in [-0.05, 0) is 36.6 Å². The maximum atomic E-state index is 9.81. The topological polar surface area (TPSA) is 20.2 Å². The standard InChI is InChI=1S/C12H13BrO/c1-3-4-5-12(14)11-7-6-10(13)8-9(11)2/h1,6-8,12,14H,4-5H2,2H3. The fourth-order valence-electron chi connectivity index (χ4n) is 1.39. The zero-order valence-electron chi connectivity index (χ0n) is 8.13. The maximum Gasteiger partial charge on any atom is 0.0801 e. The molecule has 1 aromatic rings. The van der Waals surface area contributed by atoms with Crippen molar-refractivity contribution >= 4 is 15.9 Å². The van der Waals surface area contributed by atoms with Gasteiger partial charge in [-0.25, -0.2) is 0 Å². The molecular weight excluding hydrogens is 240 g/mol. The minimum absolute atomic E-state index is 0.445. The lowest BCUT2D eigenvalue weighted by molar-refractivity contribution is 0.168. The molecule has 0 bridgehead atoms. The maximum absolute atomic E-state index is 9.81. The van der Waals surface area contributed by atoms with Crippen LogP contribution in [0, 0.1) is 19.3 Å². The fourth-order valence-corrected chi connectivity index (χ4v) is 1.86. The van der Waals surface area contributed by atoms with Crippen LogP contribution in [-0.2, 0) is 0 Å². The van der Waals surface area contributed by atoms with Crippen LogP contribution < -0.4 is 0 Å². The minimum atomic E-state index is -0.445. The van der Waals surface area contributed by atoms with Crippen molar-refractivity contribution in [3.8, 4) is 12.3 Å². The first-order chi connectivity index (χ1) is 6.65. The summed E-state index contributed by atoms with van der Waals surface area (Å²) in [6.45, 7) is 1.99. The third-order valence-corrected chi connectivity index (χ3v) is 2.65. The Morgan fingerprint density at radius 1 is 1.57 bits per heavy atom. The van der Waals surface area contributed by atoms with Gasteiger partial charge in [-0.1, -0.05) is 22.0 Å². The Hall–Kier alpha value is -0.780. The highest BCUT2D eigenvalue weighted by Crippen LogP contribution is 2.24. The van der Waals surface area contributed by atoms with E-state index in [0.29, 0.717) is 12.8 Å². The van der Waals surface area contributed by atoms with Crippen LogP contribution in [0.1, 0.15) is 30.1 Å². The van der Waals surface area contributed by atoms with Crippen LogP contribution in [0.5, 0.6) is 0 Å². The average molecular weight is 253 g/mol. The molecule has 1 rings (SSSR count). The van der Waals surface area contributed by atoms with Gasteiger partial charge in [0.05, 0.1) is 6.10 Å². The Kier molecular flexibility index (Phi) is 4.19. The molecule has 0 aliphatic heterocycles. The quantitative estimate of drug-likeness (QED) is 0.820. The second-order valence-electron chi connectivity index (χ2n) is 3.26. The molecule has 0 aromatic heterocycles. The molecule has 0 aliphatic rings. The van der Waals surface area contributed by atoms with Gasteiger partial charge in [0.25, 0.3) is 0 Å². The van der Waals surface area contributed by atoms with Crippen LogP contribution in [0.2, 0.25) is 0 Å². The van der Waals surface area contributed by atoms with Gasteiger partial charge in [0, 0.05) is 10.9 Å². The zero-order valence-corrected chi connectivity index (χ0v) is 9.71. The van der Waals surface area contributed by atoms with E-state index >= 15 is 0 Å². The summed E-state index contributed by atoms with van der Waals surface area (Å²) in [6, 6.07) is 5.86. The van der Waals surface area contributed by atoms with Crippen LogP contribution in [-0.4, -0.2) is 5.11 Å². The molecule has 1 nitrogen and oxygen atoms in total. The van der Waals surface area contributed by atoms with E-state index in [2.05, 4.69) is 21.9 Å². The Bertz CT molecular complexity index is 352. The predicted octanol–water partition coefficient (Wildman–Crippen LogP) is 3.20. The van der Waals surface area contributed by atoms with Crippen molar-refractivity contribution < 1.29 is 5.11 Å². The third-order valence-electron chi connectivity index (χ3n) is 2.15. The SMILES string of the molecule is C#CCCC(O)c1ccc(Br)cc1C. The molecule has 0 saturated heterocycles. The highest BCUT2D eigenvalue weighted by atomic mass is 79.9. The lowest BCUT2D eigenvalue weighted by Gasteiger charge is -2.12. The van der Waals surface area contributed by atoms with Gasteiger partial charge in [-0.15, -0.1) is 12.3 Å². The Morgan fingerprint density at radius 3 is 2.86 bits per heavy atom. The van der Waals surface area contributed by atoms with Gasteiger partial charge in [0.2, 0.25) is 0 Å². The summed E-state index contributed by atoms with van der Waals surface area (Å²) < 4.78 is 1.03. The number of aliphatic hydroxyl groups is 1. The van der Waals surface area contributed by atoms with Gasteiger partial charge in [-0.3, -0.25) is 0 Å². The monoisotopic (exact) mass is 252 g/mol. The normalized spacial score (nSPS) is 12.1. The second kappa shape index (κ2) is 5.19. The molecule has 1 atom stereocenters. The molecule has 0 aliphatic carbocycles. The summed E-state index contributed by atoms with van der Waals surface area (Å²) in [5, 5.41) is 9.81. The van der Waals surface area contributed by atoms with Crippen molar-refractivity contribution in [3.05, 3.63) is 33.8 Å². The van der Waals surface area contributed by atoms with Gasteiger partial charge in [0.15, 0.2) is 0 Å². The number of hydrogen-bond acceptors (Lipinski definition) is 1. The first kappa shape index (κ1) is 11.3. The first-order valence-corrected chi connectivity index (χ1v) is 5.32. The molecule has 74 valence electrons. The highest BCUT2D eigenvalue weighted by molar-refractivity contribution is 9.10. The first-order valence-electron chi connectivity index (χ1n) is 4.52. The lowest BCUT2D eigenvalue weighted by Crippen LogP contribution is -1.99. The molecular formula is C12H13BrO. The molecule has 0 radical (unpaired) electrons. The van der Waals surface area contributed by atoms with E-state index in [1.807, 2.05) is 25.1 Å². The van der Waals surface area contributed by atoms with Crippen molar-refractivity contribution in [1.29, 1.82) is 0 Å². The van der Waals surface area contributed by atoms with E-state index in [9.17, 15) is 5.11 Å². The van der Waals surface area contributed by atoms with Crippen LogP contribution in [0.15, 0.2) is 22.7 Å². The Labute approximate surface area is 93.3 Å². The van der Waals surface area contributed by atoms with E-state index < -0.39 is 6.10 Å². The summed E-state index contributed by atoms with van der Waals surface area (Å²) in [5.74, 6) is 2.53. The van der Waals surface area contributed by atoms with Crippen molar-refractivity contribution in [2.24, 2.45) is 0 Å². The molecule has 0 fully saturated rings.